The molecule has 1 aliphatic rings. The lowest BCUT2D eigenvalue weighted by molar-refractivity contribution is 0.225. The topological polar surface area (TPSA) is 35.2 Å². The molecule has 0 fully saturated rings. The highest BCUT2D eigenvalue weighted by atomic mass is 35.5. The third-order valence-corrected chi connectivity index (χ3v) is 4.46. The maximum absolute atomic E-state index is 6.32. The van der Waals surface area contributed by atoms with Crippen LogP contribution in [0.2, 0.25) is 5.02 Å². The number of aryl methyl sites for hydroxylation is 1. The van der Waals surface area contributed by atoms with Crippen molar-refractivity contribution in [1.82, 2.24) is 0 Å². The Labute approximate surface area is 130 Å². The van der Waals surface area contributed by atoms with Crippen molar-refractivity contribution < 1.29 is 4.74 Å². The van der Waals surface area contributed by atoms with Crippen molar-refractivity contribution in [3.63, 3.8) is 0 Å². The summed E-state index contributed by atoms with van der Waals surface area (Å²) in [6, 6.07) is 10.4. The van der Waals surface area contributed by atoms with Gasteiger partial charge in [0.05, 0.1) is 0 Å². The number of halogens is 1. The molecule has 2 aromatic carbocycles. The minimum absolute atomic E-state index is 0.173. The van der Waals surface area contributed by atoms with Gasteiger partial charge in [-0.25, -0.2) is 0 Å². The fourth-order valence-corrected chi connectivity index (χ4v) is 3.23. The molecular formula is C18H20ClNO. The molecule has 2 aromatic rings. The zero-order valence-corrected chi connectivity index (χ0v) is 13.2. The summed E-state index contributed by atoms with van der Waals surface area (Å²) in [6.07, 6.45) is 1.94. The van der Waals surface area contributed by atoms with Crippen LogP contribution in [0.1, 0.15) is 23.1 Å². The van der Waals surface area contributed by atoms with Crippen LogP contribution in [-0.4, -0.2) is 12.6 Å². The Balaban J connectivity index is 2.11. The third kappa shape index (κ3) is 2.66. The smallest absolute Gasteiger partial charge is 0.130 e. The molecule has 1 atom stereocenters. The molecule has 0 amide bonds. The zero-order chi connectivity index (χ0) is 15.0. The van der Waals surface area contributed by atoms with Crippen molar-refractivity contribution in [1.29, 1.82) is 0 Å². The summed E-state index contributed by atoms with van der Waals surface area (Å²) in [5.74, 6) is 0.978. The Kier molecular flexibility index (Phi) is 3.92. The third-order valence-electron chi connectivity index (χ3n) is 4.25. The first kappa shape index (κ1) is 14.4. The van der Waals surface area contributed by atoms with E-state index >= 15 is 0 Å². The van der Waals surface area contributed by atoms with E-state index in [0.29, 0.717) is 6.54 Å². The van der Waals surface area contributed by atoms with Gasteiger partial charge < -0.3 is 10.5 Å². The standard InChI is InChI=1S/C18H20ClNO/c1-11-4-3-5-16(12(11)2)17-10-14(19)8-13-9-15(6-7-20)21-18(13)17/h3-5,8,10,15H,6-7,9,20H2,1-2H3. The average Bonchev–Trinajstić information content (AvgIpc) is 2.84. The van der Waals surface area contributed by atoms with Crippen LogP contribution in [0.5, 0.6) is 5.75 Å². The highest BCUT2D eigenvalue weighted by molar-refractivity contribution is 6.31. The first-order valence-electron chi connectivity index (χ1n) is 7.36. The average molecular weight is 302 g/mol. The van der Waals surface area contributed by atoms with Gasteiger partial charge >= 0.3 is 0 Å². The van der Waals surface area contributed by atoms with Gasteiger partial charge in [-0.1, -0.05) is 29.8 Å². The highest BCUT2D eigenvalue weighted by Crippen LogP contribution is 2.42. The monoisotopic (exact) mass is 301 g/mol. The van der Waals surface area contributed by atoms with E-state index in [1.165, 1.54) is 22.3 Å². The molecule has 0 saturated carbocycles. The molecule has 0 radical (unpaired) electrons. The maximum atomic E-state index is 6.32. The first-order valence-corrected chi connectivity index (χ1v) is 7.73. The van der Waals surface area contributed by atoms with Gasteiger partial charge in [-0.15, -0.1) is 0 Å². The summed E-state index contributed by atoms with van der Waals surface area (Å²) in [5.41, 5.74) is 11.7. The molecule has 1 aliphatic heterocycles. The Morgan fingerprint density at radius 2 is 2.05 bits per heavy atom. The van der Waals surface area contributed by atoms with Crippen LogP contribution in [0.15, 0.2) is 30.3 Å². The first-order chi connectivity index (χ1) is 10.1. The molecule has 0 aromatic heterocycles. The minimum atomic E-state index is 0.173. The van der Waals surface area contributed by atoms with Crippen molar-refractivity contribution in [2.24, 2.45) is 5.73 Å². The van der Waals surface area contributed by atoms with Gasteiger partial charge in [-0.2, -0.15) is 0 Å². The Morgan fingerprint density at radius 1 is 1.24 bits per heavy atom. The number of ether oxygens (including phenoxy) is 1. The second kappa shape index (κ2) is 5.70. The van der Waals surface area contributed by atoms with Crippen molar-refractivity contribution >= 4 is 11.6 Å². The molecule has 2 N–H and O–H groups in total. The van der Waals surface area contributed by atoms with Crippen LogP contribution in [-0.2, 0) is 6.42 Å². The van der Waals surface area contributed by atoms with Gasteiger partial charge in [0.2, 0.25) is 0 Å². The molecule has 110 valence electrons. The van der Waals surface area contributed by atoms with Gasteiger partial charge in [0, 0.05) is 17.0 Å². The molecule has 21 heavy (non-hydrogen) atoms. The molecule has 3 heteroatoms. The molecule has 3 rings (SSSR count). The molecule has 0 bridgehead atoms. The molecule has 0 spiro atoms. The van der Waals surface area contributed by atoms with Gasteiger partial charge in [-0.3, -0.25) is 0 Å². The van der Waals surface area contributed by atoms with Gasteiger partial charge in [0.25, 0.3) is 0 Å². The number of hydrogen-bond acceptors (Lipinski definition) is 2. The summed E-state index contributed by atoms with van der Waals surface area (Å²) >= 11 is 6.32. The van der Waals surface area contributed by atoms with Gasteiger partial charge in [0.15, 0.2) is 0 Å². The van der Waals surface area contributed by atoms with Crippen LogP contribution in [0.4, 0.5) is 0 Å². The summed E-state index contributed by atoms with van der Waals surface area (Å²) in [4.78, 5) is 0. The Morgan fingerprint density at radius 3 is 2.81 bits per heavy atom. The number of fused-ring (bicyclic) bond motifs is 1. The van der Waals surface area contributed by atoms with Crippen molar-refractivity contribution in [3.8, 4) is 16.9 Å². The Bertz CT molecular complexity index is 681. The van der Waals surface area contributed by atoms with E-state index in [4.69, 9.17) is 22.1 Å². The van der Waals surface area contributed by atoms with E-state index in [1.54, 1.807) is 0 Å². The second-order valence-electron chi connectivity index (χ2n) is 5.71. The number of rotatable bonds is 3. The van der Waals surface area contributed by atoms with Crippen molar-refractivity contribution in [3.05, 3.63) is 52.0 Å². The predicted octanol–water partition coefficient (Wildman–Crippen LogP) is 4.28. The van der Waals surface area contributed by atoms with Crippen LogP contribution in [0, 0.1) is 13.8 Å². The highest BCUT2D eigenvalue weighted by Gasteiger charge is 2.26. The van der Waals surface area contributed by atoms with E-state index in [2.05, 4.69) is 32.0 Å². The maximum Gasteiger partial charge on any atom is 0.130 e. The number of benzene rings is 2. The summed E-state index contributed by atoms with van der Waals surface area (Å²) in [5, 5.41) is 0.765. The largest absolute Gasteiger partial charge is 0.489 e. The van der Waals surface area contributed by atoms with E-state index in [0.717, 1.165) is 29.2 Å². The molecule has 0 saturated heterocycles. The van der Waals surface area contributed by atoms with Gasteiger partial charge in [-0.05, 0) is 61.2 Å². The summed E-state index contributed by atoms with van der Waals surface area (Å²) in [7, 11) is 0. The fourth-order valence-electron chi connectivity index (χ4n) is 2.98. The number of nitrogens with two attached hydrogens (primary N) is 1. The lowest BCUT2D eigenvalue weighted by Gasteiger charge is -2.14. The molecule has 1 heterocycles. The Hall–Kier alpha value is -1.51. The zero-order valence-electron chi connectivity index (χ0n) is 12.4. The molecule has 0 aliphatic carbocycles. The van der Waals surface area contributed by atoms with Crippen LogP contribution in [0.3, 0.4) is 0 Å². The number of hydrogen-bond donors (Lipinski definition) is 1. The van der Waals surface area contributed by atoms with E-state index in [-0.39, 0.29) is 6.10 Å². The lowest BCUT2D eigenvalue weighted by atomic mass is 9.94. The van der Waals surface area contributed by atoms with Crippen LogP contribution >= 0.6 is 11.6 Å². The quantitative estimate of drug-likeness (QED) is 0.918. The van der Waals surface area contributed by atoms with E-state index in [1.807, 2.05) is 12.1 Å². The molecular weight excluding hydrogens is 282 g/mol. The van der Waals surface area contributed by atoms with Crippen molar-refractivity contribution in [2.45, 2.75) is 32.8 Å². The van der Waals surface area contributed by atoms with E-state index in [9.17, 15) is 0 Å². The van der Waals surface area contributed by atoms with Crippen LogP contribution in [0.25, 0.3) is 11.1 Å². The summed E-state index contributed by atoms with van der Waals surface area (Å²) in [6.45, 7) is 4.91. The van der Waals surface area contributed by atoms with Crippen LogP contribution < -0.4 is 10.5 Å². The van der Waals surface area contributed by atoms with Gasteiger partial charge in [0.1, 0.15) is 11.9 Å². The molecule has 2 nitrogen and oxygen atoms in total. The SMILES string of the molecule is Cc1cccc(-c2cc(Cl)cc3c2OC(CCN)C3)c1C. The summed E-state index contributed by atoms with van der Waals surface area (Å²) < 4.78 is 6.14. The molecule has 1 unspecified atom stereocenters. The predicted molar refractivity (Wildman–Crippen MR) is 88.2 cm³/mol. The second-order valence-corrected chi connectivity index (χ2v) is 6.15. The minimum Gasteiger partial charge on any atom is -0.489 e. The van der Waals surface area contributed by atoms with Crippen molar-refractivity contribution in [2.75, 3.05) is 6.54 Å². The fraction of sp³-hybridized carbons (Fsp3) is 0.333. The van der Waals surface area contributed by atoms with E-state index < -0.39 is 0 Å². The normalized spacial score (nSPS) is 16.7. The lowest BCUT2D eigenvalue weighted by Crippen LogP contribution is -2.17.